The number of rotatable bonds is 2. The fraction of sp³-hybridized carbons (Fsp3) is 0.412. The Hall–Kier alpha value is -1.08. The first-order chi connectivity index (χ1) is 8.40. The Morgan fingerprint density at radius 3 is 1.72 bits per heavy atom. The van der Waals surface area contributed by atoms with Crippen molar-refractivity contribution in [2.75, 3.05) is 0 Å². The Kier molecular flexibility index (Phi) is 3.37. The van der Waals surface area contributed by atoms with E-state index in [0.717, 1.165) is 0 Å². The van der Waals surface area contributed by atoms with Crippen LogP contribution in [0.1, 0.15) is 34.6 Å². The molecule has 0 aliphatic heterocycles. The van der Waals surface area contributed by atoms with Gasteiger partial charge in [0.25, 0.3) is 0 Å². The molecule has 18 heavy (non-hydrogen) atoms. The van der Waals surface area contributed by atoms with Gasteiger partial charge >= 0.3 is 0 Å². The van der Waals surface area contributed by atoms with Crippen LogP contribution in [-0.2, 0) is 0 Å². The van der Waals surface area contributed by atoms with E-state index in [4.69, 9.17) is 0 Å². The van der Waals surface area contributed by atoms with E-state index < -0.39 is 8.80 Å². The Morgan fingerprint density at radius 2 is 1.28 bits per heavy atom. The first kappa shape index (κ1) is 13.4. The van der Waals surface area contributed by atoms with Crippen molar-refractivity contribution in [1.29, 1.82) is 0 Å². The third kappa shape index (κ3) is 1.73. The van der Waals surface area contributed by atoms with Gasteiger partial charge in [-0.1, -0.05) is 60.1 Å². The Balaban J connectivity index is 2.51. The van der Waals surface area contributed by atoms with Gasteiger partial charge in [-0.2, -0.15) is 0 Å². The molecule has 0 N–H and O–H groups in total. The highest BCUT2D eigenvalue weighted by Gasteiger charge is 2.42. The van der Waals surface area contributed by atoms with Gasteiger partial charge in [0.1, 0.15) is 0 Å². The SMILES string of the molecule is CC1=C(C)C(C)([Si](C)c2ccccc2)C(C)=C1C. The van der Waals surface area contributed by atoms with Gasteiger partial charge in [0.05, 0.1) is 8.80 Å². The molecule has 1 heteroatoms. The van der Waals surface area contributed by atoms with Crippen molar-refractivity contribution >= 4 is 14.0 Å². The minimum atomic E-state index is -0.621. The molecule has 1 aromatic carbocycles. The van der Waals surface area contributed by atoms with E-state index in [1.54, 1.807) is 11.1 Å². The molecule has 0 bridgehead atoms. The van der Waals surface area contributed by atoms with Crippen LogP contribution in [0.15, 0.2) is 52.6 Å². The monoisotopic (exact) mass is 255 g/mol. The molecule has 95 valence electrons. The number of hydrogen-bond acceptors (Lipinski definition) is 0. The van der Waals surface area contributed by atoms with Crippen molar-refractivity contribution in [3.05, 3.63) is 52.6 Å². The zero-order valence-corrected chi connectivity index (χ0v) is 13.4. The van der Waals surface area contributed by atoms with Crippen LogP contribution in [0.25, 0.3) is 0 Å². The predicted molar refractivity (Wildman–Crippen MR) is 82.8 cm³/mol. The summed E-state index contributed by atoms with van der Waals surface area (Å²) in [4.78, 5) is 0. The molecule has 0 saturated heterocycles. The summed E-state index contributed by atoms with van der Waals surface area (Å²) in [5.41, 5.74) is 6.18. The van der Waals surface area contributed by atoms with Gasteiger partial charge < -0.3 is 0 Å². The molecule has 1 aliphatic rings. The molecule has 1 aliphatic carbocycles. The summed E-state index contributed by atoms with van der Waals surface area (Å²) in [5.74, 6) is 0. The van der Waals surface area contributed by atoms with Crippen LogP contribution in [0.4, 0.5) is 0 Å². The average molecular weight is 255 g/mol. The zero-order chi connectivity index (χ0) is 13.5. The second-order valence-corrected chi connectivity index (χ2v) is 8.44. The standard InChI is InChI=1S/C17H23Si/c1-12-13(2)15(4)17(5,14(12)3)18(6)16-10-8-7-9-11-16/h7-11H,1-6H3. The van der Waals surface area contributed by atoms with Gasteiger partial charge in [-0.3, -0.25) is 0 Å². The lowest BCUT2D eigenvalue weighted by atomic mass is 9.98. The van der Waals surface area contributed by atoms with Crippen molar-refractivity contribution in [2.24, 2.45) is 0 Å². The highest BCUT2D eigenvalue weighted by molar-refractivity contribution is 6.76. The first-order valence-corrected chi connectivity index (χ1v) is 8.66. The van der Waals surface area contributed by atoms with Crippen LogP contribution in [0.2, 0.25) is 11.6 Å². The van der Waals surface area contributed by atoms with Crippen molar-refractivity contribution in [3.8, 4) is 0 Å². The van der Waals surface area contributed by atoms with Gasteiger partial charge in [0, 0.05) is 5.04 Å². The molecule has 0 atom stereocenters. The Labute approximate surface area is 113 Å². The molecule has 0 spiro atoms. The number of hydrogen-bond donors (Lipinski definition) is 0. The molecule has 0 saturated carbocycles. The highest BCUT2D eigenvalue weighted by atomic mass is 28.3. The molecular weight excluding hydrogens is 232 g/mol. The number of benzene rings is 1. The van der Waals surface area contributed by atoms with Crippen LogP contribution < -0.4 is 5.19 Å². The van der Waals surface area contributed by atoms with E-state index in [1.807, 2.05) is 0 Å². The molecule has 1 radical (unpaired) electrons. The maximum absolute atomic E-state index is 2.46. The summed E-state index contributed by atoms with van der Waals surface area (Å²) < 4.78 is 0. The normalized spacial score (nSPS) is 19.1. The van der Waals surface area contributed by atoms with Crippen LogP contribution in [0.5, 0.6) is 0 Å². The summed E-state index contributed by atoms with van der Waals surface area (Å²) in [6.07, 6.45) is 0. The second-order valence-electron chi connectivity index (χ2n) is 5.62. The third-order valence-electron chi connectivity index (χ3n) is 5.14. The Morgan fingerprint density at radius 1 is 0.833 bits per heavy atom. The smallest absolute Gasteiger partial charge is 0.0659 e. The van der Waals surface area contributed by atoms with Gasteiger partial charge in [-0.05, 0) is 38.8 Å². The van der Waals surface area contributed by atoms with E-state index in [0.29, 0.717) is 0 Å². The average Bonchev–Trinajstić information content (AvgIpc) is 2.55. The van der Waals surface area contributed by atoms with Gasteiger partial charge in [0.2, 0.25) is 0 Å². The molecule has 0 fully saturated rings. The van der Waals surface area contributed by atoms with Gasteiger partial charge in [-0.15, -0.1) is 0 Å². The van der Waals surface area contributed by atoms with Crippen molar-refractivity contribution < 1.29 is 0 Å². The topological polar surface area (TPSA) is 0 Å². The molecule has 0 heterocycles. The van der Waals surface area contributed by atoms with Crippen molar-refractivity contribution in [1.82, 2.24) is 0 Å². The largest absolute Gasteiger partial charge is 0.0980 e. The van der Waals surface area contributed by atoms with E-state index in [-0.39, 0.29) is 5.04 Å². The fourth-order valence-electron chi connectivity index (χ4n) is 3.13. The van der Waals surface area contributed by atoms with Crippen molar-refractivity contribution in [3.63, 3.8) is 0 Å². The third-order valence-corrected chi connectivity index (χ3v) is 8.59. The lowest BCUT2D eigenvalue weighted by Gasteiger charge is -2.35. The first-order valence-electron chi connectivity index (χ1n) is 6.66. The lowest BCUT2D eigenvalue weighted by Crippen LogP contribution is -2.39. The Bertz CT molecular complexity index is 496. The second kappa shape index (κ2) is 4.54. The van der Waals surface area contributed by atoms with E-state index in [9.17, 15) is 0 Å². The van der Waals surface area contributed by atoms with Gasteiger partial charge in [0.15, 0.2) is 0 Å². The van der Waals surface area contributed by atoms with Crippen molar-refractivity contribution in [2.45, 2.75) is 46.2 Å². The summed E-state index contributed by atoms with van der Waals surface area (Å²) in [6.45, 7) is 14.1. The minimum absolute atomic E-state index is 0.278. The summed E-state index contributed by atoms with van der Waals surface area (Å²) in [5, 5.41) is 1.81. The minimum Gasteiger partial charge on any atom is -0.0659 e. The molecule has 0 nitrogen and oxygen atoms in total. The maximum atomic E-state index is 2.46. The lowest BCUT2D eigenvalue weighted by molar-refractivity contribution is 0.820. The molecule has 1 aromatic rings. The molecule has 0 aromatic heterocycles. The molecule has 2 rings (SSSR count). The van der Waals surface area contributed by atoms with E-state index in [1.165, 1.54) is 16.3 Å². The molecule has 0 unspecified atom stereocenters. The summed E-state index contributed by atoms with van der Waals surface area (Å²) in [7, 11) is -0.621. The maximum Gasteiger partial charge on any atom is 0.0980 e. The summed E-state index contributed by atoms with van der Waals surface area (Å²) >= 11 is 0. The predicted octanol–water partition coefficient (Wildman–Crippen LogP) is 4.46. The van der Waals surface area contributed by atoms with Crippen LogP contribution >= 0.6 is 0 Å². The zero-order valence-electron chi connectivity index (χ0n) is 12.4. The molecule has 0 amide bonds. The van der Waals surface area contributed by atoms with E-state index >= 15 is 0 Å². The highest BCUT2D eigenvalue weighted by Crippen LogP contribution is 2.53. The van der Waals surface area contributed by atoms with Gasteiger partial charge in [-0.25, -0.2) is 0 Å². The van der Waals surface area contributed by atoms with Crippen LogP contribution in [-0.4, -0.2) is 8.80 Å². The number of allylic oxidation sites excluding steroid dienone is 4. The quantitative estimate of drug-likeness (QED) is 0.684. The van der Waals surface area contributed by atoms with Crippen LogP contribution in [0.3, 0.4) is 0 Å². The molecular formula is C17H23Si. The summed E-state index contributed by atoms with van der Waals surface area (Å²) in [6, 6.07) is 11.0. The van der Waals surface area contributed by atoms with Crippen LogP contribution in [0, 0.1) is 0 Å². The van der Waals surface area contributed by atoms with E-state index in [2.05, 4.69) is 71.5 Å². The fourth-order valence-corrected chi connectivity index (χ4v) is 5.90.